The van der Waals surface area contributed by atoms with E-state index >= 15 is 0 Å². The number of nitrogens with zero attached hydrogens (tertiary/aromatic N) is 1. The lowest BCUT2D eigenvalue weighted by Gasteiger charge is -2.19. The van der Waals surface area contributed by atoms with Crippen molar-refractivity contribution in [3.8, 4) is 16.9 Å². The molecule has 180 valence electrons. The number of aromatic nitrogens is 1. The van der Waals surface area contributed by atoms with Crippen LogP contribution in [-0.2, 0) is 14.8 Å². The van der Waals surface area contributed by atoms with Gasteiger partial charge < -0.3 is 15.8 Å². The minimum Gasteiger partial charge on any atom is -0.481 e. The molecular weight excluding hydrogens is 464 g/mol. The van der Waals surface area contributed by atoms with Crippen LogP contribution in [0.5, 0.6) is 5.75 Å². The van der Waals surface area contributed by atoms with Crippen LogP contribution >= 0.6 is 0 Å². The second-order valence-corrected chi connectivity index (χ2v) is 9.61. The van der Waals surface area contributed by atoms with Crippen molar-refractivity contribution in [2.24, 2.45) is 5.14 Å². The Morgan fingerprint density at radius 3 is 2.51 bits per heavy atom. The van der Waals surface area contributed by atoms with E-state index in [1.807, 2.05) is 19.1 Å². The average molecular weight is 491 g/mol. The Morgan fingerprint density at radius 1 is 1.06 bits per heavy atom. The highest BCUT2D eigenvalue weighted by atomic mass is 32.2. The molecule has 0 fully saturated rings. The molecule has 4 rings (SSSR count). The third-order valence-corrected chi connectivity index (χ3v) is 6.52. The van der Waals surface area contributed by atoms with E-state index in [0.29, 0.717) is 34.8 Å². The van der Waals surface area contributed by atoms with Crippen molar-refractivity contribution in [1.29, 1.82) is 0 Å². The van der Waals surface area contributed by atoms with Gasteiger partial charge in [0, 0.05) is 22.8 Å². The van der Waals surface area contributed by atoms with Crippen LogP contribution in [0.15, 0.2) is 83.9 Å². The Morgan fingerprint density at radius 2 is 1.80 bits per heavy atom. The Bertz CT molecular complexity index is 1470. The van der Waals surface area contributed by atoms with Gasteiger partial charge >= 0.3 is 0 Å². The molecule has 9 heteroatoms. The number of amides is 1. The lowest BCUT2D eigenvalue weighted by atomic mass is 10.1. The van der Waals surface area contributed by atoms with Crippen molar-refractivity contribution in [1.82, 2.24) is 4.98 Å². The number of anilines is 2. The van der Waals surface area contributed by atoms with Gasteiger partial charge in [-0.15, -0.1) is 0 Å². The van der Waals surface area contributed by atoms with E-state index in [1.165, 1.54) is 6.07 Å². The summed E-state index contributed by atoms with van der Waals surface area (Å²) in [5.41, 5.74) is 7.69. The van der Waals surface area contributed by atoms with E-state index in [2.05, 4.69) is 10.3 Å². The number of benzene rings is 3. The van der Waals surface area contributed by atoms with E-state index in [0.717, 1.165) is 17.2 Å². The number of carbonyl (C=O) groups is 1. The number of fused-ring (bicyclic) bond motifs is 1. The second-order valence-electron chi connectivity index (χ2n) is 8.08. The largest absolute Gasteiger partial charge is 0.481 e. The molecule has 0 aliphatic heterocycles. The molecule has 0 aliphatic rings. The van der Waals surface area contributed by atoms with E-state index in [9.17, 15) is 13.2 Å². The number of pyridine rings is 1. The predicted octanol–water partition coefficient (Wildman–Crippen LogP) is 4.32. The molecule has 0 aliphatic carbocycles. The zero-order valence-electron chi connectivity index (χ0n) is 19.1. The van der Waals surface area contributed by atoms with Crippen molar-refractivity contribution in [2.45, 2.75) is 30.8 Å². The molecule has 0 saturated carbocycles. The van der Waals surface area contributed by atoms with Crippen molar-refractivity contribution in [3.05, 3.63) is 79.0 Å². The van der Waals surface area contributed by atoms with Gasteiger partial charge in [-0.2, -0.15) is 0 Å². The Kier molecular flexibility index (Phi) is 6.99. The van der Waals surface area contributed by atoms with Gasteiger partial charge in [0.05, 0.1) is 4.90 Å². The van der Waals surface area contributed by atoms with E-state index < -0.39 is 16.1 Å². The van der Waals surface area contributed by atoms with Crippen LogP contribution in [0, 0.1) is 0 Å². The third-order valence-electron chi connectivity index (χ3n) is 5.55. The molecule has 1 atom stereocenters. The van der Waals surface area contributed by atoms with Crippen molar-refractivity contribution < 1.29 is 17.9 Å². The SMILES string of the molecule is CCCC(Oc1ccc2ccnc(N)c2c1)C(=O)Nc1ccc(-c2ccccc2S(N)(=O)=O)cc1. The lowest BCUT2D eigenvalue weighted by Crippen LogP contribution is -2.32. The van der Waals surface area contributed by atoms with Crippen LogP contribution in [0.2, 0.25) is 0 Å². The Hall–Kier alpha value is -3.95. The summed E-state index contributed by atoms with van der Waals surface area (Å²) >= 11 is 0. The smallest absolute Gasteiger partial charge is 0.265 e. The highest BCUT2D eigenvalue weighted by Crippen LogP contribution is 2.28. The molecule has 0 spiro atoms. The maximum Gasteiger partial charge on any atom is 0.265 e. The van der Waals surface area contributed by atoms with Crippen molar-refractivity contribution in [3.63, 3.8) is 0 Å². The molecule has 1 unspecified atom stereocenters. The number of ether oxygens (including phenoxy) is 1. The van der Waals surface area contributed by atoms with Gasteiger partial charge in [0.2, 0.25) is 10.0 Å². The van der Waals surface area contributed by atoms with Gasteiger partial charge in [0.25, 0.3) is 5.91 Å². The lowest BCUT2D eigenvalue weighted by molar-refractivity contribution is -0.123. The summed E-state index contributed by atoms with van der Waals surface area (Å²) in [4.78, 5) is 17.2. The molecule has 4 aromatic rings. The van der Waals surface area contributed by atoms with Crippen LogP contribution in [0.1, 0.15) is 19.8 Å². The van der Waals surface area contributed by atoms with Crippen LogP contribution in [-0.4, -0.2) is 25.4 Å². The molecule has 35 heavy (non-hydrogen) atoms. The maximum atomic E-state index is 13.0. The number of nitrogens with one attached hydrogen (secondary N) is 1. The van der Waals surface area contributed by atoms with Gasteiger partial charge in [-0.25, -0.2) is 18.5 Å². The first-order chi connectivity index (χ1) is 16.8. The summed E-state index contributed by atoms with van der Waals surface area (Å²) in [7, 11) is -3.87. The monoisotopic (exact) mass is 490 g/mol. The summed E-state index contributed by atoms with van der Waals surface area (Å²) in [5.74, 6) is 0.637. The Balaban J connectivity index is 1.51. The van der Waals surface area contributed by atoms with Gasteiger partial charge in [-0.1, -0.05) is 49.7 Å². The van der Waals surface area contributed by atoms with Gasteiger partial charge in [0.1, 0.15) is 11.6 Å². The average Bonchev–Trinajstić information content (AvgIpc) is 2.84. The van der Waals surface area contributed by atoms with E-state index in [1.54, 1.807) is 60.8 Å². The summed E-state index contributed by atoms with van der Waals surface area (Å²) in [6.07, 6.45) is 2.20. The molecule has 1 aromatic heterocycles. The number of rotatable bonds is 8. The first-order valence-corrected chi connectivity index (χ1v) is 12.6. The normalized spacial score (nSPS) is 12.3. The first-order valence-electron chi connectivity index (χ1n) is 11.1. The van der Waals surface area contributed by atoms with Crippen LogP contribution in [0.25, 0.3) is 21.9 Å². The fourth-order valence-electron chi connectivity index (χ4n) is 3.82. The highest BCUT2D eigenvalue weighted by Gasteiger charge is 2.21. The summed E-state index contributed by atoms with van der Waals surface area (Å²) in [6.45, 7) is 1.98. The summed E-state index contributed by atoms with van der Waals surface area (Å²) < 4.78 is 29.8. The summed E-state index contributed by atoms with van der Waals surface area (Å²) in [6, 6.07) is 20.7. The standard InChI is InChI=1S/C26H26N4O4S/c1-2-5-23(34-20-13-10-18-14-15-29-25(27)22(18)16-20)26(31)30-19-11-8-17(9-12-19)21-6-3-4-7-24(21)35(28,32)33/h3-4,6-16,23H,2,5H2,1H3,(H2,27,29)(H,30,31)(H2,28,32,33). The van der Waals surface area contributed by atoms with Crippen LogP contribution in [0.3, 0.4) is 0 Å². The first kappa shape index (κ1) is 24.2. The van der Waals surface area contributed by atoms with E-state index in [4.69, 9.17) is 15.6 Å². The fraction of sp³-hybridized carbons (Fsp3) is 0.154. The molecular formula is C26H26N4O4S. The number of hydrogen-bond donors (Lipinski definition) is 3. The van der Waals surface area contributed by atoms with Crippen molar-refractivity contribution in [2.75, 3.05) is 11.1 Å². The molecule has 0 bridgehead atoms. The molecule has 5 N–H and O–H groups in total. The molecule has 0 saturated heterocycles. The number of hydrogen-bond acceptors (Lipinski definition) is 6. The number of nitrogens with two attached hydrogens (primary N) is 2. The highest BCUT2D eigenvalue weighted by molar-refractivity contribution is 7.89. The molecule has 3 aromatic carbocycles. The number of nitrogen functional groups attached to an aromatic ring is 1. The third kappa shape index (κ3) is 5.59. The fourth-order valence-corrected chi connectivity index (χ4v) is 4.58. The number of carbonyl (C=O) groups excluding carboxylic acids is 1. The van der Waals surface area contributed by atoms with Gasteiger partial charge in [0.15, 0.2) is 6.10 Å². The zero-order chi connectivity index (χ0) is 25.0. The molecule has 1 amide bonds. The predicted molar refractivity (Wildman–Crippen MR) is 137 cm³/mol. The molecule has 0 radical (unpaired) electrons. The number of primary sulfonamides is 1. The van der Waals surface area contributed by atoms with E-state index in [-0.39, 0.29) is 10.8 Å². The molecule has 8 nitrogen and oxygen atoms in total. The van der Waals surface area contributed by atoms with Gasteiger partial charge in [-0.05, 0) is 53.8 Å². The minimum atomic E-state index is -3.87. The van der Waals surface area contributed by atoms with Crippen molar-refractivity contribution >= 4 is 38.2 Å². The van der Waals surface area contributed by atoms with Crippen LogP contribution in [0.4, 0.5) is 11.5 Å². The van der Waals surface area contributed by atoms with Crippen LogP contribution < -0.4 is 20.9 Å². The minimum absolute atomic E-state index is 0.0411. The number of sulfonamides is 1. The molecule has 1 heterocycles. The quantitative estimate of drug-likeness (QED) is 0.336. The zero-order valence-corrected chi connectivity index (χ0v) is 20.0. The topological polar surface area (TPSA) is 137 Å². The van der Waals surface area contributed by atoms with Gasteiger partial charge in [-0.3, -0.25) is 4.79 Å². The second kappa shape index (κ2) is 10.1. The maximum absolute atomic E-state index is 13.0. The summed E-state index contributed by atoms with van der Waals surface area (Å²) in [5, 5.41) is 9.92. The Labute approximate surface area is 204 Å².